The number of aryl methyl sites for hydroxylation is 1. The zero-order valence-electron chi connectivity index (χ0n) is 11.5. The summed E-state index contributed by atoms with van der Waals surface area (Å²) < 4.78 is 10.5. The van der Waals surface area contributed by atoms with Crippen molar-refractivity contribution in [3.05, 3.63) is 53.6 Å². The molecule has 1 aromatic heterocycles. The highest BCUT2D eigenvalue weighted by Crippen LogP contribution is 2.11. The van der Waals surface area contributed by atoms with Crippen LogP contribution in [0.15, 0.2) is 36.5 Å². The van der Waals surface area contributed by atoms with Gasteiger partial charge in [0.2, 0.25) is 0 Å². The molecule has 0 spiro atoms. The van der Waals surface area contributed by atoms with Crippen molar-refractivity contribution >= 4 is 5.97 Å². The number of rotatable bonds is 5. The number of carbonyl (C=O) groups excluding carboxylic acids is 1. The molecule has 5 nitrogen and oxygen atoms in total. The fraction of sp³-hybridized carbons (Fsp3) is 0.267. The molecule has 0 radical (unpaired) electrons. The molecule has 0 fully saturated rings. The van der Waals surface area contributed by atoms with Gasteiger partial charge >= 0.3 is 5.97 Å². The average Bonchev–Trinajstić information content (AvgIpc) is 2.46. The highest BCUT2D eigenvalue weighted by Gasteiger charge is 2.12. The third-order valence-electron chi connectivity index (χ3n) is 2.64. The Kier molecular flexibility index (Phi) is 4.65. The Hall–Kier alpha value is -2.43. The quantitative estimate of drug-likeness (QED) is 0.783. The molecule has 0 saturated carbocycles. The van der Waals surface area contributed by atoms with E-state index in [2.05, 4.69) is 9.97 Å². The Morgan fingerprint density at radius 2 is 2.00 bits per heavy atom. The Balaban J connectivity index is 2.04. The summed E-state index contributed by atoms with van der Waals surface area (Å²) in [6.07, 6.45) is 1.48. The largest absolute Gasteiger partial charge is 0.486 e. The number of esters is 1. The van der Waals surface area contributed by atoms with Crippen molar-refractivity contribution in [3.8, 4) is 5.75 Å². The van der Waals surface area contributed by atoms with Crippen LogP contribution < -0.4 is 4.74 Å². The Morgan fingerprint density at radius 1 is 1.25 bits per heavy atom. The van der Waals surface area contributed by atoms with Gasteiger partial charge in [0, 0.05) is 6.20 Å². The van der Waals surface area contributed by atoms with Crippen molar-refractivity contribution < 1.29 is 14.3 Å². The molecule has 0 aliphatic carbocycles. The van der Waals surface area contributed by atoms with E-state index in [1.165, 1.54) is 6.20 Å². The van der Waals surface area contributed by atoms with E-state index in [-0.39, 0.29) is 6.61 Å². The number of benzene rings is 1. The molecule has 0 aliphatic heterocycles. The van der Waals surface area contributed by atoms with Crippen molar-refractivity contribution in [2.75, 3.05) is 6.61 Å². The van der Waals surface area contributed by atoms with Gasteiger partial charge in [0.1, 0.15) is 12.4 Å². The second-order valence-electron chi connectivity index (χ2n) is 4.11. The maximum absolute atomic E-state index is 11.6. The van der Waals surface area contributed by atoms with Gasteiger partial charge in [-0.1, -0.05) is 18.2 Å². The molecule has 0 bridgehead atoms. The minimum absolute atomic E-state index is 0.258. The zero-order valence-corrected chi connectivity index (χ0v) is 11.5. The van der Waals surface area contributed by atoms with Crippen LogP contribution in [0.3, 0.4) is 0 Å². The first kappa shape index (κ1) is 14.0. The molecule has 0 atom stereocenters. The van der Waals surface area contributed by atoms with Crippen molar-refractivity contribution in [2.24, 2.45) is 0 Å². The summed E-state index contributed by atoms with van der Waals surface area (Å²) in [7, 11) is 0. The molecule has 1 aromatic carbocycles. The van der Waals surface area contributed by atoms with Gasteiger partial charge in [-0.15, -0.1) is 0 Å². The average molecular weight is 272 g/mol. The maximum atomic E-state index is 11.6. The Bertz CT molecular complexity index is 585. The second kappa shape index (κ2) is 6.65. The van der Waals surface area contributed by atoms with Crippen LogP contribution in [0.2, 0.25) is 0 Å². The van der Waals surface area contributed by atoms with Crippen LogP contribution >= 0.6 is 0 Å². The van der Waals surface area contributed by atoms with E-state index >= 15 is 0 Å². The number of carbonyl (C=O) groups is 1. The lowest BCUT2D eigenvalue weighted by molar-refractivity contribution is 0.0524. The van der Waals surface area contributed by atoms with Crippen molar-refractivity contribution in [1.29, 1.82) is 0 Å². The summed E-state index contributed by atoms with van der Waals surface area (Å²) in [6.45, 7) is 4.10. The monoisotopic (exact) mass is 272 g/mol. The maximum Gasteiger partial charge on any atom is 0.341 e. The van der Waals surface area contributed by atoms with E-state index in [4.69, 9.17) is 9.47 Å². The fourth-order valence-corrected chi connectivity index (χ4v) is 1.66. The first-order valence-electron chi connectivity index (χ1n) is 6.38. The van der Waals surface area contributed by atoms with Gasteiger partial charge < -0.3 is 9.47 Å². The smallest absolute Gasteiger partial charge is 0.341 e. The normalized spacial score (nSPS) is 10.1. The standard InChI is InChI=1S/C15H16N2O3/c1-3-19-15(18)13-9-16-14(17-11(13)2)10-20-12-7-5-4-6-8-12/h4-9H,3,10H2,1-2H3. The number of aromatic nitrogens is 2. The van der Waals surface area contributed by atoms with Crippen molar-refractivity contribution in [3.63, 3.8) is 0 Å². The fourth-order valence-electron chi connectivity index (χ4n) is 1.66. The third kappa shape index (κ3) is 3.54. The first-order valence-corrected chi connectivity index (χ1v) is 6.38. The number of nitrogens with zero attached hydrogens (tertiary/aromatic N) is 2. The minimum atomic E-state index is -0.402. The second-order valence-corrected chi connectivity index (χ2v) is 4.11. The van der Waals surface area contributed by atoms with E-state index in [9.17, 15) is 4.79 Å². The predicted octanol–water partition coefficient (Wildman–Crippen LogP) is 2.54. The number of hydrogen-bond acceptors (Lipinski definition) is 5. The summed E-state index contributed by atoms with van der Waals surface area (Å²) in [5.41, 5.74) is 0.973. The molecule has 0 N–H and O–H groups in total. The van der Waals surface area contributed by atoms with Crippen LogP contribution in [-0.2, 0) is 11.3 Å². The molecule has 104 valence electrons. The third-order valence-corrected chi connectivity index (χ3v) is 2.64. The minimum Gasteiger partial charge on any atom is -0.486 e. The van der Waals surface area contributed by atoms with E-state index in [0.29, 0.717) is 23.7 Å². The van der Waals surface area contributed by atoms with Crippen LogP contribution in [-0.4, -0.2) is 22.5 Å². The van der Waals surface area contributed by atoms with Crippen LogP contribution in [0.25, 0.3) is 0 Å². The Morgan fingerprint density at radius 3 is 2.65 bits per heavy atom. The highest BCUT2D eigenvalue weighted by molar-refractivity contribution is 5.90. The van der Waals surface area contributed by atoms with Crippen molar-refractivity contribution in [2.45, 2.75) is 20.5 Å². The van der Waals surface area contributed by atoms with Gasteiger partial charge in [-0.2, -0.15) is 0 Å². The summed E-state index contributed by atoms with van der Waals surface area (Å²) in [6, 6.07) is 9.43. The van der Waals surface area contributed by atoms with Gasteiger partial charge in [0.05, 0.1) is 17.9 Å². The van der Waals surface area contributed by atoms with Gasteiger partial charge in [0.15, 0.2) is 5.82 Å². The molecule has 2 rings (SSSR count). The lowest BCUT2D eigenvalue weighted by Gasteiger charge is -2.07. The molecular weight excluding hydrogens is 256 g/mol. The molecule has 5 heteroatoms. The SMILES string of the molecule is CCOC(=O)c1cnc(COc2ccccc2)nc1C. The molecule has 0 amide bonds. The summed E-state index contributed by atoms with van der Waals surface area (Å²) in [5, 5.41) is 0. The molecular formula is C15H16N2O3. The van der Waals surface area contributed by atoms with Crippen molar-refractivity contribution in [1.82, 2.24) is 9.97 Å². The number of ether oxygens (including phenoxy) is 2. The highest BCUT2D eigenvalue weighted by atomic mass is 16.5. The van der Waals surface area contributed by atoms with Gasteiger partial charge in [-0.25, -0.2) is 14.8 Å². The summed E-state index contributed by atoms with van der Waals surface area (Å²) in [4.78, 5) is 20.0. The molecule has 1 heterocycles. The van der Waals surface area contributed by atoms with Crippen LogP contribution in [0.4, 0.5) is 0 Å². The van der Waals surface area contributed by atoms with E-state index < -0.39 is 5.97 Å². The zero-order chi connectivity index (χ0) is 14.4. The summed E-state index contributed by atoms with van der Waals surface area (Å²) >= 11 is 0. The van der Waals surface area contributed by atoms with Gasteiger partial charge in [0.25, 0.3) is 0 Å². The molecule has 20 heavy (non-hydrogen) atoms. The molecule has 0 saturated heterocycles. The van der Waals surface area contributed by atoms with E-state index in [1.54, 1.807) is 13.8 Å². The Labute approximate surface area is 117 Å². The van der Waals surface area contributed by atoms with Gasteiger partial charge in [-0.3, -0.25) is 0 Å². The molecule has 0 unspecified atom stereocenters. The lowest BCUT2D eigenvalue weighted by atomic mass is 10.2. The van der Waals surface area contributed by atoms with Gasteiger partial charge in [-0.05, 0) is 26.0 Å². The molecule has 2 aromatic rings. The van der Waals surface area contributed by atoms with Crippen LogP contribution in [0.5, 0.6) is 5.75 Å². The number of hydrogen-bond donors (Lipinski definition) is 0. The van der Waals surface area contributed by atoms with Crippen LogP contribution in [0.1, 0.15) is 28.8 Å². The number of para-hydroxylation sites is 1. The lowest BCUT2D eigenvalue weighted by Crippen LogP contribution is -2.11. The topological polar surface area (TPSA) is 61.3 Å². The predicted molar refractivity (Wildman–Crippen MR) is 73.5 cm³/mol. The summed E-state index contributed by atoms with van der Waals surface area (Å²) in [5.74, 6) is 0.878. The van der Waals surface area contributed by atoms with E-state index in [0.717, 1.165) is 5.75 Å². The first-order chi connectivity index (χ1) is 9.70. The van der Waals surface area contributed by atoms with Crippen LogP contribution in [0, 0.1) is 6.92 Å². The van der Waals surface area contributed by atoms with E-state index in [1.807, 2.05) is 30.3 Å². The molecule has 0 aliphatic rings.